The van der Waals surface area contributed by atoms with E-state index in [1.807, 2.05) is 0 Å². The minimum absolute atomic E-state index is 0.557. The van der Waals surface area contributed by atoms with Crippen molar-refractivity contribution in [3.8, 4) is 22.6 Å². The largest absolute Gasteiger partial charge is 0.496 e. The van der Waals surface area contributed by atoms with Crippen LogP contribution in [-0.2, 0) is 6.42 Å². The Morgan fingerprint density at radius 2 is 1.53 bits per heavy atom. The van der Waals surface area contributed by atoms with Gasteiger partial charge in [-0.2, -0.15) is 0 Å². The van der Waals surface area contributed by atoms with Crippen molar-refractivity contribution < 1.29 is 9.47 Å². The molecule has 1 heterocycles. The van der Waals surface area contributed by atoms with Crippen molar-refractivity contribution in [2.24, 2.45) is 0 Å². The summed E-state index contributed by atoms with van der Waals surface area (Å²) in [6.45, 7) is 4.51. The number of likely N-dealkylation sites (tertiary alicyclic amines) is 1. The Kier molecular flexibility index (Phi) is 6.29. The van der Waals surface area contributed by atoms with E-state index in [-0.39, 0.29) is 0 Å². The molecular formula is C27H33NO2. The van der Waals surface area contributed by atoms with Crippen molar-refractivity contribution in [1.82, 2.24) is 4.90 Å². The highest BCUT2D eigenvalue weighted by atomic mass is 16.5. The van der Waals surface area contributed by atoms with E-state index in [0.29, 0.717) is 5.92 Å². The molecule has 158 valence electrons. The number of fused-ring (bicyclic) bond motifs is 1. The average molecular weight is 404 g/mol. The molecule has 0 amide bonds. The number of rotatable bonds is 6. The molecule has 0 N–H and O–H groups in total. The van der Waals surface area contributed by atoms with Crippen LogP contribution in [0, 0.1) is 0 Å². The number of hydrogen-bond acceptors (Lipinski definition) is 3. The number of methoxy groups -OCH3 is 2. The van der Waals surface area contributed by atoms with Crippen LogP contribution in [0.1, 0.15) is 43.2 Å². The molecule has 1 aliphatic rings. The van der Waals surface area contributed by atoms with Crippen molar-refractivity contribution in [2.45, 2.75) is 38.5 Å². The van der Waals surface area contributed by atoms with E-state index in [0.717, 1.165) is 43.0 Å². The first kappa shape index (κ1) is 20.7. The van der Waals surface area contributed by atoms with Gasteiger partial charge in [0.25, 0.3) is 0 Å². The molecule has 4 rings (SSSR count). The van der Waals surface area contributed by atoms with Gasteiger partial charge in [-0.15, -0.1) is 0 Å². The summed E-state index contributed by atoms with van der Waals surface area (Å²) in [5.41, 5.74) is 4.95. The first-order valence-corrected chi connectivity index (χ1v) is 11.1. The Labute approximate surface area is 180 Å². The number of nitrogens with zero attached hydrogens (tertiary/aromatic N) is 1. The van der Waals surface area contributed by atoms with Crippen LogP contribution in [0.25, 0.3) is 21.9 Å². The third-order valence-corrected chi connectivity index (χ3v) is 6.52. The molecule has 0 bridgehead atoms. The van der Waals surface area contributed by atoms with Gasteiger partial charge in [0.1, 0.15) is 11.5 Å². The van der Waals surface area contributed by atoms with Gasteiger partial charge in [0.15, 0.2) is 0 Å². The van der Waals surface area contributed by atoms with E-state index >= 15 is 0 Å². The first-order valence-electron chi connectivity index (χ1n) is 11.1. The summed E-state index contributed by atoms with van der Waals surface area (Å²) >= 11 is 0. The van der Waals surface area contributed by atoms with Crippen molar-refractivity contribution in [2.75, 3.05) is 34.4 Å². The van der Waals surface area contributed by atoms with Gasteiger partial charge in [-0.05, 0) is 84.9 Å². The maximum Gasteiger partial charge on any atom is 0.130 e. The molecule has 1 saturated heterocycles. The van der Waals surface area contributed by atoms with Crippen LogP contribution >= 0.6 is 0 Å². The maximum atomic E-state index is 5.93. The standard InChI is InChI=1S/C27H33NO2/c1-5-8-20-9-6-11-23-22(20)10-7-12-24(23)27-25(29-3)17-21(18-26(27)30-4)19-13-15-28(2)16-14-19/h6-7,9-12,17-19H,5,8,13-16H2,1-4H3. The van der Waals surface area contributed by atoms with Gasteiger partial charge in [0, 0.05) is 0 Å². The fourth-order valence-corrected chi connectivity index (χ4v) is 4.86. The summed E-state index contributed by atoms with van der Waals surface area (Å²) in [7, 11) is 5.74. The summed E-state index contributed by atoms with van der Waals surface area (Å²) < 4.78 is 11.9. The van der Waals surface area contributed by atoms with Crippen molar-refractivity contribution >= 4 is 10.8 Å². The Balaban J connectivity index is 1.86. The van der Waals surface area contributed by atoms with Gasteiger partial charge in [0.05, 0.1) is 19.8 Å². The van der Waals surface area contributed by atoms with Crippen LogP contribution in [0.15, 0.2) is 48.5 Å². The average Bonchev–Trinajstić information content (AvgIpc) is 2.78. The van der Waals surface area contributed by atoms with E-state index in [2.05, 4.69) is 67.4 Å². The van der Waals surface area contributed by atoms with Crippen LogP contribution in [0.5, 0.6) is 11.5 Å². The van der Waals surface area contributed by atoms with Crippen LogP contribution in [0.2, 0.25) is 0 Å². The van der Waals surface area contributed by atoms with E-state index < -0.39 is 0 Å². The molecule has 1 aliphatic heterocycles. The fraction of sp³-hybridized carbons (Fsp3) is 0.407. The Hall–Kier alpha value is -2.52. The molecule has 0 radical (unpaired) electrons. The molecule has 3 aromatic rings. The minimum Gasteiger partial charge on any atom is -0.496 e. The van der Waals surface area contributed by atoms with Gasteiger partial charge >= 0.3 is 0 Å². The molecule has 3 nitrogen and oxygen atoms in total. The van der Waals surface area contributed by atoms with Gasteiger partial charge in [-0.25, -0.2) is 0 Å². The van der Waals surface area contributed by atoms with E-state index in [4.69, 9.17) is 9.47 Å². The quantitative estimate of drug-likeness (QED) is 0.483. The van der Waals surface area contributed by atoms with E-state index in [9.17, 15) is 0 Å². The van der Waals surface area contributed by atoms with Crippen LogP contribution in [-0.4, -0.2) is 39.3 Å². The Morgan fingerprint density at radius 1 is 0.900 bits per heavy atom. The van der Waals surface area contributed by atoms with Crippen LogP contribution in [0.4, 0.5) is 0 Å². The molecule has 30 heavy (non-hydrogen) atoms. The lowest BCUT2D eigenvalue weighted by Crippen LogP contribution is -2.29. The molecular weight excluding hydrogens is 370 g/mol. The molecule has 0 atom stereocenters. The molecule has 3 aromatic carbocycles. The smallest absolute Gasteiger partial charge is 0.130 e. The fourth-order valence-electron chi connectivity index (χ4n) is 4.86. The summed E-state index contributed by atoms with van der Waals surface area (Å²) in [4.78, 5) is 2.41. The molecule has 0 spiro atoms. The second kappa shape index (κ2) is 9.09. The van der Waals surface area contributed by atoms with Crippen molar-refractivity contribution in [3.05, 3.63) is 59.7 Å². The number of ether oxygens (including phenoxy) is 2. The highest BCUT2D eigenvalue weighted by molar-refractivity contribution is 6.01. The highest BCUT2D eigenvalue weighted by Crippen LogP contribution is 2.45. The number of piperidine rings is 1. The Morgan fingerprint density at radius 3 is 2.17 bits per heavy atom. The SMILES string of the molecule is CCCc1cccc2c(-c3c(OC)cc(C4CCN(C)CC4)cc3OC)cccc12. The summed E-state index contributed by atoms with van der Waals surface area (Å²) in [5, 5.41) is 2.58. The van der Waals surface area contributed by atoms with Gasteiger partial charge in [-0.1, -0.05) is 49.7 Å². The monoisotopic (exact) mass is 403 g/mol. The number of benzene rings is 3. The van der Waals surface area contributed by atoms with Crippen molar-refractivity contribution in [3.63, 3.8) is 0 Å². The zero-order valence-corrected chi connectivity index (χ0v) is 18.7. The van der Waals surface area contributed by atoms with E-state index in [1.165, 1.54) is 40.3 Å². The van der Waals surface area contributed by atoms with Gasteiger partial charge in [0.2, 0.25) is 0 Å². The lowest BCUT2D eigenvalue weighted by atomic mass is 9.87. The predicted octanol–water partition coefficient (Wildman–Crippen LogP) is 6.29. The summed E-state index contributed by atoms with van der Waals surface area (Å²) in [6, 6.07) is 17.7. The molecule has 0 aliphatic carbocycles. The Bertz CT molecular complexity index is 994. The first-order chi connectivity index (χ1) is 14.7. The molecule has 0 aromatic heterocycles. The maximum absolute atomic E-state index is 5.93. The van der Waals surface area contributed by atoms with Crippen molar-refractivity contribution in [1.29, 1.82) is 0 Å². The molecule has 1 fully saturated rings. The third kappa shape index (κ3) is 3.91. The number of hydrogen-bond donors (Lipinski definition) is 0. The molecule has 3 heteroatoms. The lowest BCUT2D eigenvalue weighted by molar-refractivity contribution is 0.255. The third-order valence-electron chi connectivity index (χ3n) is 6.52. The number of aryl methyl sites for hydroxylation is 1. The second-order valence-electron chi connectivity index (χ2n) is 8.45. The molecule has 0 saturated carbocycles. The van der Waals surface area contributed by atoms with Crippen LogP contribution < -0.4 is 9.47 Å². The normalized spacial score (nSPS) is 15.5. The van der Waals surface area contributed by atoms with Gasteiger partial charge in [-0.3, -0.25) is 0 Å². The minimum atomic E-state index is 0.557. The topological polar surface area (TPSA) is 21.7 Å². The highest BCUT2D eigenvalue weighted by Gasteiger charge is 2.23. The summed E-state index contributed by atoms with van der Waals surface area (Å²) in [5.74, 6) is 2.36. The molecule has 0 unspecified atom stereocenters. The zero-order chi connectivity index (χ0) is 21.1. The summed E-state index contributed by atoms with van der Waals surface area (Å²) in [6.07, 6.45) is 4.58. The zero-order valence-electron chi connectivity index (χ0n) is 18.7. The predicted molar refractivity (Wildman–Crippen MR) is 126 cm³/mol. The second-order valence-corrected chi connectivity index (χ2v) is 8.45. The van der Waals surface area contributed by atoms with E-state index in [1.54, 1.807) is 14.2 Å². The van der Waals surface area contributed by atoms with Gasteiger partial charge < -0.3 is 14.4 Å². The van der Waals surface area contributed by atoms with Crippen LogP contribution in [0.3, 0.4) is 0 Å². The lowest BCUT2D eigenvalue weighted by Gasteiger charge is -2.30.